The normalized spacial score (nSPS) is 12.9. The largest absolute Gasteiger partial charge is 0.466 e. The fourth-order valence-corrected chi connectivity index (χ4v) is 8.19. The first kappa shape index (κ1) is 60.1. The number of rotatable bonds is 50. The standard InChI is InChI=1S/C56H105NO5/c1-3-5-7-9-11-13-15-16-17-18-21-24-27-30-34-38-42-46-50-56(61)62-51-47-43-39-35-31-28-25-22-19-20-23-26-29-33-37-41-45-49-55(60)57-53(52-58)54(59)48-44-40-36-32-14-12-10-8-6-4-2/h19,22,28,31,44,48,53-54,58-59H,3-18,20-21,23-27,29-30,32-43,45-47,49-52H2,1-2H3,(H,57,60)/b22-19-,31-28-,48-44+. The second kappa shape index (κ2) is 51.7. The third-order valence-corrected chi connectivity index (χ3v) is 12.4. The zero-order valence-corrected chi connectivity index (χ0v) is 41.4. The number of carbonyl (C=O) groups excluding carboxylic acids is 2. The summed E-state index contributed by atoms with van der Waals surface area (Å²) in [6.07, 6.45) is 63.1. The van der Waals surface area contributed by atoms with Crippen LogP contribution in [0, 0.1) is 0 Å². The summed E-state index contributed by atoms with van der Waals surface area (Å²) in [6, 6.07) is -0.638. The van der Waals surface area contributed by atoms with E-state index in [1.807, 2.05) is 6.08 Å². The van der Waals surface area contributed by atoms with Gasteiger partial charge >= 0.3 is 5.97 Å². The van der Waals surface area contributed by atoms with Gasteiger partial charge in [-0.3, -0.25) is 9.59 Å². The van der Waals surface area contributed by atoms with Crippen molar-refractivity contribution in [1.82, 2.24) is 5.32 Å². The molecule has 0 aromatic carbocycles. The van der Waals surface area contributed by atoms with E-state index < -0.39 is 12.1 Å². The molecule has 0 aliphatic heterocycles. The number of esters is 1. The van der Waals surface area contributed by atoms with E-state index >= 15 is 0 Å². The van der Waals surface area contributed by atoms with E-state index in [0.717, 1.165) is 83.5 Å². The molecule has 0 fully saturated rings. The molecule has 0 saturated carbocycles. The third-order valence-electron chi connectivity index (χ3n) is 12.4. The molecule has 0 aliphatic carbocycles. The Morgan fingerprint density at radius 3 is 1.23 bits per heavy atom. The molecule has 0 heterocycles. The molecule has 0 bridgehead atoms. The van der Waals surface area contributed by atoms with Crippen molar-refractivity contribution >= 4 is 11.9 Å². The van der Waals surface area contributed by atoms with Crippen molar-refractivity contribution in [2.45, 2.75) is 296 Å². The van der Waals surface area contributed by atoms with Crippen molar-refractivity contribution in [1.29, 1.82) is 0 Å². The first-order valence-corrected chi connectivity index (χ1v) is 27.3. The van der Waals surface area contributed by atoms with Crippen LogP contribution in [0.3, 0.4) is 0 Å². The molecule has 2 unspecified atom stereocenters. The maximum absolute atomic E-state index is 12.4. The molecule has 3 N–H and O–H groups in total. The summed E-state index contributed by atoms with van der Waals surface area (Å²) in [6.45, 7) is 4.84. The number of aliphatic hydroxyl groups excluding tert-OH is 2. The highest BCUT2D eigenvalue weighted by molar-refractivity contribution is 5.76. The molecular formula is C56H105NO5. The van der Waals surface area contributed by atoms with Gasteiger partial charge in [-0.2, -0.15) is 0 Å². The van der Waals surface area contributed by atoms with Gasteiger partial charge < -0.3 is 20.3 Å². The number of hydrogen-bond acceptors (Lipinski definition) is 5. The average molecular weight is 872 g/mol. The van der Waals surface area contributed by atoms with E-state index in [-0.39, 0.29) is 18.5 Å². The molecular weight excluding hydrogens is 767 g/mol. The van der Waals surface area contributed by atoms with Gasteiger partial charge in [0.2, 0.25) is 5.91 Å². The Balaban J connectivity index is 3.48. The van der Waals surface area contributed by atoms with Crippen LogP contribution in [0.5, 0.6) is 0 Å². The van der Waals surface area contributed by atoms with E-state index in [9.17, 15) is 19.8 Å². The van der Waals surface area contributed by atoms with Crippen LogP contribution in [0.25, 0.3) is 0 Å². The van der Waals surface area contributed by atoms with E-state index in [0.29, 0.717) is 19.4 Å². The van der Waals surface area contributed by atoms with Crippen LogP contribution in [0.4, 0.5) is 0 Å². The van der Waals surface area contributed by atoms with Gasteiger partial charge in [-0.25, -0.2) is 0 Å². The molecule has 62 heavy (non-hydrogen) atoms. The molecule has 0 aliphatic rings. The molecule has 0 radical (unpaired) electrons. The molecule has 6 nitrogen and oxygen atoms in total. The molecule has 6 heteroatoms. The minimum atomic E-state index is -0.853. The Morgan fingerprint density at radius 2 is 0.806 bits per heavy atom. The topological polar surface area (TPSA) is 95.9 Å². The van der Waals surface area contributed by atoms with Crippen molar-refractivity contribution in [2.75, 3.05) is 13.2 Å². The maximum Gasteiger partial charge on any atom is 0.305 e. The van der Waals surface area contributed by atoms with Gasteiger partial charge in [-0.05, 0) is 70.6 Å². The Labute approximate surface area is 385 Å². The predicted octanol–water partition coefficient (Wildman–Crippen LogP) is 16.5. The minimum Gasteiger partial charge on any atom is -0.466 e. The second-order valence-corrected chi connectivity index (χ2v) is 18.6. The number of allylic oxidation sites excluding steroid dienone is 5. The van der Waals surface area contributed by atoms with Crippen LogP contribution in [-0.2, 0) is 14.3 Å². The smallest absolute Gasteiger partial charge is 0.305 e. The summed E-state index contributed by atoms with van der Waals surface area (Å²) < 4.78 is 5.46. The highest BCUT2D eigenvalue weighted by Gasteiger charge is 2.18. The van der Waals surface area contributed by atoms with Gasteiger partial charge in [0.05, 0.1) is 25.4 Å². The van der Waals surface area contributed by atoms with Crippen molar-refractivity contribution < 1.29 is 24.5 Å². The van der Waals surface area contributed by atoms with Crippen LogP contribution >= 0.6 is 0 Å². The number of ether oxygens (including phenoxy) is 1. The molecule has 0 aromatic heterocycles. The summed E-state index contributed by atoms with van der Waals surface area (Å²) in [7, 11) is 0. The number of aliphatic hydroxyl groups is 2. The second-order valence-electron chi connectivity index (χ2n) is 18.6. The molecule has 2 atom stereocenters. The molecule has 364 valence electrons. The number of unbranched alkanes of at least 4 members (excludes halogenated alkanes) is 35. The zero-order valence-electron chi connectivity index (χ0n) is 41.4. The quantitative estimate of drug-likeness (QED) is 0.0321. The van der Waals surface area contributed by atoms with Crippen LogP contribution in [0.2, 0.25) is 0 Å². The maximum atomic E-state index is 12.4. The number of hydrogen-bond donors (Lipinski definition) is 3. The predicted molar refractivity (Wildman–Crippen MR) is 269 cm³/mol. The lowest BCUT2D eigenvalue weighted by molar-refractivity contribution is -0.143. The van der Waals surface area contributed by atoms with Gasteiger partial charge in [-0.15, -0.1) is 0 Å². The highest BCUT2D eigenvalue weighted by Crippen LogP contribution is 2.16. The zero-order chi connectivity index (χ0) is 45.1. The fraction of sp³-hybridized carbons (Fsp3) is 0.857. The van der Waals surface area contributed by atoms with Gasteiger partial charge in [0.25, 0.3) is 0 Å². The van der Waals surface area contributed by atoms with Crippen LogP contribution in [0.15, 0.2) is 36.5 Å². The summed E-state index contributed by atoms with van der Waals surface area (Å²) >= 11 is 0. The van der Waals surface area contributed by atoms with E-state index in [1.165, 1.54) is 173 Å². The summed E-state index contributed by atoms with van der Waals surface area (Å²) in [4.78, 5) is 24.4. The molecule has 0 rings (SSSR count). The molecule has 0 saturated heterocycles. The van der Waals surface area contributed by atoms with Crippen molar-refractivity contribution in [3.05, 3.63) is 36.5 Å². The van der Waals surface area contributed by atoms with Crippen molar-refractivity contribution in [2.24, 2.45) is 0 Å². The molecule has 0 spiro atoms. The van der Waals surface area contributed by atoms with E-state index in [2.05, 4.69) is 43.5 Å². The number of amides is 1. The summed E-state index contributed by atoms with van der Waals surface area (Å²) in [5, 5.41) is 22.9. The Morgan fingerprint density at radius 1 is 0.452 bits per heavy atom. The fourth-order valence-electron chi connectivity index (χ4n) is 8.19. The third kappa shape index (κ3) is 47.6. The Bertz CT molecular complexity index is 1010. The lowest BCUT2D eigenvalue weighted by atomic mass is 10.0. The highest BCUT2D eigenvalue weighted by atomic mass is 16.5. The van der Waals surface area contributed by atoms with Crippen LogP contribution in [-0.4, -0.2) is 47.4 Å². The number of carbonyl (C=O) groups is 2. The number of nitrogens with one attached hydrogen (secondary N) is 1. The molecule has 0 aromatic rings. The van der Waals surface area contributed by atoms with Crippen LogP contribution in [0.1, 0.15) is 284 Å². The minimum absolute atomic E-state index is 0.0127. The molecule has 1 amide bonds. The SMILES string of the molecule is CCCCCCCCCC/C=C/C(O)C(CO)NC(=O)CCCCCCCCC/C=C\C/C=C\CCCCCOC(=O)CCCCCCCCCCCCCCCCCCCC. The monoisotopic (exact) mass is 872 g/mol. The summed E-state index contributed by atoms with van der Waals surface area (Å²) in [5.41, 5.74) is 0. The first-order chi connectivity index (χ1) is 30.5. The first-order valence-electron chi connectivity index (χ1n) is 27.3. The van der Waals surface area contributed by atoms with E-state index in [4.69, 9.17) is 4.74 Å². The van der Waals surface area contributed by atoms with Gasteiger partial charge in [-0.1, -0.05) is 237 Å². The lowest BCUT2D eigenvalue weighted by Gasteiger charge is -2.20. The Hall–Kier alpha value is -1.92. The lowest BCUT2D eigenvalue weighted by Crippen LogP contribution is -2.45. The van der Waals surface area contributed by atoms with Crippen molar-refractivity contribution in [3.63, 3.8) is 0 Å². The van der Waals surface area contributed by atoms with Gasteiger partial charge in [0, 0.05) is 12.8 Å². The Kier molecular flexibility index (Phi) is 50.1. The van der Waals surface area contributed by atoms with Gasteiger partial charge in [0.1, 0.15) is 0 Å². The van der Waals surface area contributed by atoms with Gasteiger partial charge in [0.15, 0.2) is 0 Å². The average Bonchev–Trinajstić information content (AvgIpc) is 3.27. The van der Waals surface area contributed by atoms with Crippen LogP contribution < -0.4 is 5.32 Å². The van der Waals surface area contributed by atoms with Crippen molar-refractivity contribution in [3.8, 4) is 0 Å². The van der Waals surface area contributed by atoms with E-state index in [1.54, 1.807) is 6.08 Å². The summed E-state index contributed by atoms with van der Waals surface area (Å²) in [5.74, 6) is -0.0992.